The second kappa shape index (κ2) is 7.44. The first-order valence-electron chi connectivity index (χ1n) is 6.43. The van der Waals surface area contributed by atoms with Crippen molar-refractivity contribution in [1.82, 2.24) is 5.43 Å². The van der Waals surface area contributed by atoms with Crippen molar-refractivity contribution < 1.29 is 9.53 Å². The number of benzene rings is 1. The van der Waals surface area contributed by atoms with Crippen molar-refractivity contribution in [2.24, 2.45) is 5.10 Å². The van der Waals surface area contributed by atoms with Crippen molar-refractivity contribution in [3.05, 3.63) is 46.2 Å². The average Bonchev–Trinajstić information content (AvgIpc) is 2.91. The number of nitrogens with one attached hydrogen (secondary N) is 2. The Bertz CT molecular complexity index is 620. The Labute approximate surface area is 127 Å². The highest BCUT2D eigenvalue weighted by Crippen LogP contribution is 2.14. The minimum absolute atomic E-state index is 0.160. The molecule has 110 valence electrons. The molecule has 0 saturated heterocycles. The fourth-order valence-corrected chi connectivity index (χ4v) is 2.37. The van der Waals surface area contributed by atoms with Gasteiger partial charge in [-0.25, -0.2) is 5.43 Å². The molecule has 5 nitrogen and oxygen atoms in total. The lowest BCUT2D eigenvalue weighted by Gasteiger charge is -2.06. The summed E-state index contributed by atoms with van der Waals surface area (Å²) in [7, 11) is 1.61. The zero-order valence-electron chi connectivity index (χ0n) is 11.9. The number of methoxy groups -OCH3 is 1. The van der Waals surface area contributed by atoms with Crippen molar-refractivity contribution >= 4 is 29.1 Å². The largest absolute Gasteiger partial charge is 0.497 e. The van der Waals surface area contributed by atoms with Crippen LogP contribution in [0.5, 0.6) is 5.75 Å². The van der Waals surface area contributed by atoms with Crippen LogP contribution in [0, 0.1) is 6.92 Å². The molecule has 2 rings (SSSR count). The fourth-order valence-electron chi connectivity index (χ4n) is 1.62. The van der Waals surface area contributed by atoms with Gasteiger partial charge in [-0.2, -0.15) is 5.10 Å². The van der Waals surface area contributed by atoms with Crippen molar-refractivity contribution in [2.45, 2.75) is 6.92 Å². The average molecular weight is 303 g/mol. The summed E-state index contributed by atoms with van der Waals surface area (Å²) in [5, 5.41) is 6.93. The molecule has 0 atom stereocenters. The molecule has 0 aliphatic heterocycles. The van der Waals surface area contributed by atoms with Gasteiger partial charge in [0.05, 0.1) is 19.9 Å². The Balaban J connectivity index is 1.75. The molecule has 2 N–H and O–H groups in total. The van der Waals surface area contributed by atoms with Gasteiger partial charge < -0.3 is 10.1 Å². The molecule has 1 aromatic heterocycles. The third kappa shape index (κ3) is 4.92. The zero-order chi connectivity index (χ0) is 15.1. The summed E-state index contributed by atoms with van der Waals surface area (Å²) in [5.74, 6) is 0.580. The van der Waals surface area contributed by atoms with Gasteiger partial charge in [0.2, 0.25) is 0 Å². The third-order valence-electron chi connectivity index (χ3n) is 2.69. The van der Waals surface area contributed by atoms with Crippen LogP contribution in [-0.2, 0) is 4.79 Å². The summed E-state index contributed by atoms with van der Waals surface area (Å²) in [5.41, 5.74) is 3.33. The van der Waals surface area contributed by atoms with E-state index in [1.165, 1.54) is 4.88 Å². The molecule has 0 saturated carbocycles. The van der Waals surface area contributed by atoms with Gasteiger partial charge in [0.15, 0.2) is 0 Å². The predicted octanol–water partition coefficient (Wildman–Crippen LogP) is 2.63. The number of hydrogen-bond acceptors (Lipinski definition) is 5. The SMILES string of the molecule is COc1ccc(NCC(=O)N/N=C/c2ccc(C)s2)cc1. The molecule has 21 heavy (non-hydrogen) atoms. The van der Waals surface area contributed by atoms with E-state index in [1.54, 1.807) is 24.7 Å². The predicted molar refractivity (Wildman–Crippen MR) is 86.3 cm³/mol. The number of hydrazone groups is 1. The van der Waals surface area contributed by atoms with Gasteiger partial charge in [-0.1, -0.05) is 0 Å². The number of anilines is 1. The Morgan fingerprint density at radius 1 is 1.29 bits per heavy atom. The number of hydrogen-bond donors (Lipinski definition) is 2. The maximum absolute atomic E-state index is 11.6. The molecular weight excluding hydrogens is 286 g/mol. The fraction of sp³-hybridized carbons (Fsp3) is 0.200. The minimum Gasteiger partial charge on any atom is -0.497 e. The maximum Gasteiger partial charge on any atom is 0.259 e. The zero-order valence-corrected chi connectivity index (χ0v) is 12.7. The van der Waals surface area contributed by atoms with E-state index < -0.39 is 0 Å². The molecule has 0 unspecified atom stereocenters. The van der Waals surface area contributed by atoms with Gasteiger partial charge in [-0.05, 0) is 43.3 Å². The maximum atomic E-state index is 11.6. The number of aryl methyl sites for hydroxylation is 1. The van der Waals surface area contributed by atoms with Crippen LogP contribution in [0.3, 0.4) is 0 Å². The van der Waals surface area contributed by atoms with E-state index in [0.717, 1.165) is 16.3 Å². The molecule has 0 fully saturated rings. The highest BCUT2D eigenvalue weighted by molar-refractivity contribution is 7.13. The van der Waals surface area contributed by atoms with Gasteiger partial charge in [0, 0.05) is 15.4 Å². The Morgan fingerprint density at radius 3 is 2.67 bits per heavy atom. The summed E-state index contributed by atoms with van der Waals surface area (Å²) >= 11 is 1.62. The summed E-state index contributed by atoms with van der Waals surface area (Å²) in [6.07, 6.45) is 1.64. The second-order valence-electron chi connectivity index (χ2n) is 4.32. The monoisotopic (exact) mass is 303 g/mol. The summed E-state index contributed by atoms with van der Waals surface area (Å²) in [6, 6.07) is 11.3. The third-order valence-corrected chi connectivity index (χ3v) is 3.62. The molecule has 0 radical (unpaired) electrons. The molecule has 1 aromatic carbocycles. The lowest BCUT2D eigenvalue weighted by atomic mass is 10.3. The number of nitrogens with zero attached hydrogens (tertiary/aromatic N) is 1. The Morgan fingerprint density at radius 2 is 2.05 bits per heavy atom. The van der Waals surface area contributed by atoms with Crippen LogP contribution in [0.2, 0.25) is 0 Å². The molecule has 1 heterocycles. The van der Waals surface area contributed by atoms with Gasteiger partial charge in [-0.3, -0.25) is 4.79 Å². The van der Waals surface area contributed by atoms with E-state index in [9.17, 15) is 4.79 Å². The van der Waals surface area contributed by atoms with E-state index in [1.807, 2.05) is 43.3 Å². The van der Waals surface area contributed by atoms with E-state index in [4.69, 9.17) is 4.74 Å². The van der Waals surface area contributed by atoms with Crippen LogP contribution in [0.1, 0.15) is 9.75 Å². The normalized spacial score (nSPS) is 10.6. The van der Waals surface area contributed by atoms with E-state index >= 15 is 0 Å². The van der Waals surface area contributed by atoms with E-state index in [-0.39, 0.29) is 12.5 Å². The van der Waals surface area contributed by atoms with Crippen LogP contribution in [0.25, 0.3) is 0 Å². The van der Waals surface area contributed by atoms with Gasteiger partial charge >= 0.3 is 0 Å². The molecular formula is C15H17N3O2S. The number of amides is 1. The van der Waals surface area contributed by atoms with Gasteiger partial charge in [0.1, 0.15) is 5.75 Å². The van der Waals surface area contributed by atoms with Crippen LogP contribution in [0.4, 0.5) is 5.69 Å². The molecule has 2 aromatic rings. The van der Waals surface area contributed by atoms with Crippen molar-refractivity contribution in [3.63, 3.8) is 0 Å². The van der Waals surface area contributed by atoms with Crippen LogP contribution < -0.4 is 15.5 Å². The first kappa shape index (κ1) is 15.1. The van der Waals surface area contributed by atoms with E-state index in [2.05, 4.69) is 15.8 Å². The summed E-state index contributed by atoms with van der Waals surface area (Å²) in [4.78, 5) is 13.8. The van der Waals surface area contributed by atoms with Crippen molar-refractivity contribution in [2.75, 3.05) is 19.0 Å². The number of thiophene rings is 1. The van der Waals surface area contributed by atoms with Gasteiger partial charge in [-0.15, -0.1) is 11.3 Å². The van der Waals surface area contributed by atoms with Crippen LogP contribution in [0.15, 0.2) is 41.5 Å². The number of carbonyl (C=O) groups is 1. The van der Waals surface area contributed by atoms with Crippen LogP contribution in [-0.4, -0.2) is 25.8 Å². The highest BCUT2D eigenvalue weighted by Gasteiger charge is 2.00. The Kier molecular flexibility index (Phi) is 5.34. The Hall–Kier alpha value is -2.34. The first-order valence-corrected chi connectivity index (χ1v) is 7.25. The second-order valence-corrected chi connectivity index (χ2v) is 5.64. The van der Waals surface area contributed by atoms with E-state index in [0.29, 0.717) is 0 Å². The van der Waals surface area contributed by atoms with Gasteiger partial charge in [0.25, 0.3) is 5.91 Å². The molecule has 1 amide bonds. The number of carbonyl (C=O) groups excluding carboxylic acids is 1. The van der Waals surface area contributed by atoms with Crippen LogP contribution >= 0.6 is 11.3 Å². The highest BCUT2D eigenvalue weighted by atomic mass is 32.1. The molecule has 0 aliphatic carbocycles. The summed E-state index contributed by atoms with van der Waals surface area (Å²) < 4.78 is 5.07. The molecule has 0 spiro atoms. The quantitative estimate of drug-likeness (QED) is 0.637. The molecule has 0 bridgehead atoms. The van der Waals surface area contributed by atoms with Crippen molar-refractivity contribution in [3.8, 4) is 5.75 Å². The number of rotatable bonds is 6. The lowest BCUT2D eigenvalue weighted by Crippen LogP contribution is -2.25. The topological polar surface area (TPSA) is 62.7 Å². The minimum atomic E-state index is -0.199. The lowest BCUT2D eigenvalue weighted by molar-refractivity contribution is -0.119. The smallest absolute Gasteiger partial charge is 0.259 e. The molecule has 6 heteroatoms. The first-order chi connectivity index (χ1) is 10.2. The number of ether oxygens (including phenoxy) is 1. The standard InChI is InChI=1S/C15H17N3O2S/c1-11-3-8-14(21-11)9-17-18-15(19)10-16-12-4-6-13(20-2)7-5-12/h3-9,16H,10H2,1-2H3,(H,18,19)/b17-9+. The summed E-state index contributed by atoms with van der Waals surface area (Å²) in [6.45, 7) is 2.19. The molecule has 0 aliphatic rings. The van der Waals surface area contributed by atoms with Crippen molar-refractivity contribution in [1.29, 1.82) is 0 Å².